The van der Waals surface area contributed by atoms with E-state index in [0.29, 0.717) is 73.5 Å². The summed E-state index contributed by atoms with van der Waals surface area (Å²) in [6.07, 6.45) is 2.60. The fourth-order valence-electron chi connectivity index (χ4n) is 13.2. The monoisotopic (exact) mass is 1250 g/mol. The summed E-state index contributed by atoms with van der Waals surface area (Å²) in [7, 11) is 6.97. The number of fused-ring (bicyclic) bond motifs is 2. The molecule has 0 bridgehead atoms. The van der Waals surface area contributed by atoms with Crippen LogP contribution in [0.3, 0.4) is 0 Å². The maximum Gasteiger partial charge on any atom is 0.519 e. The third-order valence-corrected chi connectivity index (χ3v) is 18.0. The Kier molecular flexibility index (Phi) is 16.4. The Balaban J connectivity index is 0.747. The van der Waals surface area contributed by atoms with Gasteiger partial charge in [0.1, 0.15) is 34.6 Å². The van der Waals surface area contributed by atoms with E-state index in [-0.39, 0.29) is 57.7 Å². The van der Waals surface area contributed by atoms with E-state index >= 15 is 0 Å². The second kappa shape index (κ2) is 24.4. The molecule has 23 nitrogen and oxygen atoms in total. The van der Waals surface area contributed by atoms with Gasteiger partial charge in [-0.2, -0.15) is 10.2 Å². The highest BCUT2D eigenvalue weighted by Gasteiger charge is 2.36. The molecule has 23 heteroatoms. The number of anilines is 4. The molecule has 2 saturated carbocycles. The van der Waals surface area contributed by atoms with Gasteiger partial charge in [-0.15, -0.1) is 0 Å². The van der Waals surface area contributed by atoms with E-state index in [9.17, 15) is 34.6 Å². The summed E-state index contributed by atoms with van der Waals surface area (Å²) in [6.45, 7) is 13.1. The Morgan fingerprint density at radius 2 is 0.913 bits per heavy atom. The van der Waals surface area contributed by atoms with Crippen molar-refractivity contribution >= 4 is 62.3 Å². The summed E-state index contributed by atoms with van der Waals surface area (Å²) >= 11 is 0. The molecule has 2 fully saturated rings. The molecule has 6 aromatic carbocycles. The zero-order valence-electron chi connectivity index (χ0n) is 53.1. The van der Waals surface area contributed by atoms with E-state index in [1.165, 1.54) is 36.4 Å². The second-order valence-electron chi connectivity index (χ2n) is 26.1. The zero-order chi connectivity index (χ0) is 65.1. The minimum Gasteiger partial charge on any atom is -0.497 e. The number of benzene rings is 6. The number of aryl methyl sites for hydroxylation is 2. The van der Waals surface area contributed by atoms with Crippen LogP contribution in [0.15, 0.2) is 143 Å². The fraction of sp³-hybridized carbons (Fsp3) is 0.348. The second-order valence-corrected chi connectivity index (χ2v) is 26.1. The van der Waals surface area contributed by atoms with Crippen molar-refractivity contribution in [2.75, 3.05) is 24.9 Å². The van der Waals surface area contributed by atoms with E-state index in [2.05, 4.69) is 52.2 Å². The Hall–Kier alpha value is -10.5. The van der Waals surface area contributed by atoms with Gasteiger partial charge in [0.2, 0.25) is 0 Å². The van der Waals surface area contributed by atoms with Crippen molar-refractivity contribution in [1.82, 2.24) is 38.3 Å². The van der Waals surface area contributed by atoms with E-state index in [4.69, 9.17) is 29.1 Å². The van der Waals surface area contributed by atoms with Gasteiger partial charge < -0.3 is 29.6 Å². The number of nitrogens with one attached hydrogen (secondary N) is 2. The van der Waals surface area contributed by atoms with Crippen molar-refractivity contribution in [3.8, 4) is 23.0 Å². The highest BCUT2D eigenvalue weighted by molar-refractivity contribution is 5.84. The smallest absolute Gasteiger partial charge is 0.497 e. The molecule has 12 rings (SSSR count). The van der Waals surface area contributed by atoms with Crippen LogP contribution in [0.5, 0.6) is 23.0 Å². The SMILES string of the molecule is COc1ccc(Cn2c(=O)c3ccc(Nc4cc(C5CCC(c6cc([N+](=O)[O-])ccc6OC(=O)Oc6ccc([N+](=O)[O-])cc6C6CCC(c7cc(Nc8ccc9c(=O)n(Cc%10ccc(OC)cc%10)n(C)c9c8)n(C(C)(C)C)n7)C6)C5)nn4C(C)(C)C)cc3n2C)cc1. The third-order valence-electron chi connectivity index (χ3n) is 18.0. The van der Waals surface area contributed by atoms with Crippen LogP contribution in [0.25, 0.3) is 21.8 Å². The normalized spacial score (nSPS) is 16.7. The van der Waals surface area contributed by atoms with Gasteiger partial charge in [-0.3, -0.25) is 39.2 Å². The molecule has 2 aliphatic carbocycles. The molecule has 0 radical (unpaired) electrons. The van der Waals surface area contributed by atoms with Crippen molar-refractivity contribution in [2.45, 2.75) is 128 Å². The lowest BCUT2D eigenvalue weighted by Crippen LogP contribution is -2.24. The van der Waals surface area contributed by atoms with E-state index < -0.39 is 27.1 Å². The van der Waals surface area contributed by atoms with Crippen LogP contribution in [-0.4, -0.2) is 68.5 Å². The molecular formula is C69H74N12O11. The van der Waals surface area contributed by atoms with Gasteiger partial charge in [-0.05, 0) is 176 Å². The molecule has 0 amide bonds. The van der Waals surface area contributed by atoms with Crippen LogP contribution in [0, 0.1) is 20.2 Å². The summed E-state index contributed by atoms with van der Waals surface area (Å²) in [5, 5.41) is 43.2. The third kappa shape index (κ3) is 12.3. The predicted octanol–water partition coefficient (Wildman–Crippen LogP) is 14.0. The van der Waals surface area contributed by atoms with Crippen LogP contribution < -0.4 is 40.7 Å². The first kappa shape index (κ1) is 61.8. The molecule has 4 aromatic heterocycles. The molecule has 2 N–H and O–H groups in total. The Morgan fingerprint density at radius 3 is 1.27 bits per heavy atom. The number of hydrogen-bond acceptors (Lipinski definition) is 15. The lowest BCUT2D eigenvalue weighted by atomic mass is 9.94. The number of nitrogens with zero attached hydrogens (tertiary/aromatic N) is 10. The maximum absolute atomic E-state index is 14.1. The summed E-state index contributed by atoms with van der Waals surface area (Å²) < 4.78 is 33.6. The molecular weight excluding hydrogens is 1170 g/mol. The van der Waals surface area contributed by atoms with Gasteiger partial charge >= 0.3 is 6.16 Å². The molecule has 4 atom stereocenters. The molecule has 4 unspecified atom stereocenters. The number of carbonyl (C=O) groups is 1. The molecule has 0 spiro atoms. The minimum atomic E-state index is -1.10. The van der Waals surface area contributed by atoms with E-state index in [1.807, 2.05) is 130 Å². The first-order valence-electron chi connectivity index (χ1n) is 30.8. The summed E-state index contributed by atoms with van der Waals surface area (Å²) in [6, 6.07) is 38.9. The van der Waals surface area contributed by atoms with Gasteiger partial charge in [-0.25, -0.2) is 23.5 Å². The lowest BCUT2D eigenvalue weighted by Gasteiger charge is -2.23. The van der Waals surface area contributed by atoms with Crippen molar-refractivity contribution in [2.24, 2.45) is 14.1 Å². The van der Waals surface area contributed by atoms with Crippen LogP contribution in [0.1, 0.15) is 137 Å². The van der Waals surface area contributed by atoms with Crippen LogP contribution in [0.2, 0.25) is 0 Å². The molecule has 4 heterocycles. The zero-order valence-corrected chi connectivity index (χ0v) is 53.1. The number of methoxy groups -OCH3 is 2. The number of carbonyl (C=O) groups excluding carboxylic acids is 1. The number of rotatable bonds is 18. The van der Waals surface area contributed by atoms with E-state index in [1.54, 1.807) is 23.6 Å². The quantitative estimate of drug-likeness (QED) is 0.0350. The average molecular weight is 1250 g/mol. The molecule has 0 aliphatic heterocycles. The molecule has 476 valence electrons. The number of nitro groups is 2. The summed E-state index contributed by atoms with van der Waals surface area (Å²) in [4.78, 5) is 65.0. The predicted molar refractivity (Wildman–Crippen MR) is 351 cm³/mol. The molecule has 10 aromatic rings. The first-order valence-corrected chi connectivity index (χ1v) is 30.8. The van der Waals surface area contributed by atoms with Gasteiger partial charge in [0, 0.05) is 84.8 Å². The van der Waals surface area contributed by atoms with Gasteiger partial charge in [0.25, 0.3) is 22.5 Å². The van der Waals surface area contributed by atoms with Crippen molar-refractivity contribution in [3.63, 3.8) is 0 Å². The standard InChI is InChI=1S/C69H74N12O11/c1-68(2,3)78-63(70-47-19-27-53-59(33-47)74(7)76(65(53)82)39-41-11-23-51(89-9)24-12-41)37-57(72-78)45-17-15-43(31-45)55-35-49(80(85)86)21-29-61(55)91-67(84)92-62-30-22-50(81(87)88)36-56(62)44-16-18-46(32-44)58-38-64(79(73-58)69(4,5)6)71-48-20-28-54-60(34-48)75(8)77(66(54)83)40-42-13-25-52(90-10)26-14-42/h11-14,19-30,33-38,43-46,70-71H,15-18,31-32,39-40H2,1-10H3. The Morgan fingerprint density at radius 1 is 0.533 bits per heavy atom. The lowest BCUT2D eigenvalue weighted by molar-refractivity contribution is -0.385. The summed E-state index contributed by atoms with van der Waals surface area (Å²) in [5.74, 6) is 2.50. The number of aromatic nitrogens is 8. The van der Waals surface area contributed by atoms with Crippen LogP contribution in [0.4, 0.5) is 39.2 Å². The Labute approximate surface area is 529 Å². The fourth-order valence-corrected chi connectivity index (χ4v) is 13.2. The van der Waals surface area contributed by atoms with E-state index in [0.717, 1.165) is 68.1 Å². The topological polar surface area (TPSA) is 254 Å². The maximum atomic E-state index is 14.1. The number of non-ortho nitro benzene ring substituents is 2. The van der Waals surface area contributed by atoms with Gasteiger partial charge in [-0.1, -0.05) is 24.3 Å². The molecule has 92 heavy (non-hydrogen) atoms. The first-order chi connectivity index (χ1) is 43.9. The van der Waals surface area contributed by atoms with Crippen molar-refractivity contribution in [1.29, 1.82) is 0 Å². The minimum absolute atomic E-state index is 0.0644. The van der Waals surface area contributed by atoms with Crippen molar-refractivity contribution in [3.05, 3.63) is 208 Å². The van der Waals surface area contributed by atoms with Gasteiger partial charge in [0.05, 0.1) is 81.4 Å². The Bertz CT molecular complexity index is 4320. The number of hydrogen-bond donors (Lipinski definition) is 2. The highest BCUT2D eigenvalue weighted by Crippen LogP contribution is 2.50. The molecule has 0 saturated heterocycles. The van der Waals surface area contributed by atoms with Crippen LogP contribution in [-0.2, 0) is 38.3 Å². The average Bonchev–Trinajstić information content (AvgIpc) is 1.68. The summed E-state index contributed by atoms with van der Waals surface area (Å²) in [5.41, 5.74) is 6.13. The number of ether oxygens (including phenoxy) is 4. The molecule has 2 aliphatic rings. The number of nitro benzene ring substituents is 2. The van der Waals surface area contributed by atoms with Crippen LogP contribution >= 0.6 is 0 Å². The largest absolute Gasteiger partial charge is 0.519 e. The van der Waals surface area contributed by atoms with Crippen molar-refractivity contribution < 1.29 is 33.6 Å². The van der Waals surface area contributed by atoms with Gasteiger partial charge in [0.15, 0.2) is 0 Å². The highest BCUT2D eigenvalue weighted by atomic mass is 16.7.